The summed E-state index contributed by atoms with van der Waals surface area (Å²) in [6.45, 7) is 11.0. The van der Waals surface area contributed by atoms with Crippen LogP contribution in [0.25, 0.3) is 0 Å². The fourth-order valence-corrected chi connectivity index (χ4v) is 3.51. The average molecular weight is 354 g/mol. The molecule has 0 saturated heterocycles. The molecule has 3 rings (SSSR count). The minimum Gasteiger partial charge on any atom is -0.357 e. The van der Waals surface area contributed by atoms with E-state index < -0.39 is 0 Å². The van der Waals surface area contributed by atoms with Crippen molar-refractivity contribution in [2.75, 3.05) is 13.1 Å². The summed E-state index contributed by atoms with van der Waals surface area (Å²) in [4.78, 5) is 4.75. The first kappa shape index (κ1) is 18.5. The molecule has 1 aromatic heterocycles. The third-order valence-corrected chi connectivity index (χ3v) is 4.95. The molecule has 2 N–H and O–H groups in total. The number of nitrogens with zero attached hydrogens (tertiary/aromatic N) is 3. The third-order valence-electron chi connectivity index (χ3n) is 4.95. The van der Waals surface area contributed by atoms with Gasteiger partial charge >= 0.3 is 0 Å². The van der Waals surface area contributed by atoms with Crippen LogP contribution in [0.4, 0.5) is 0 Å². The number of aliphatic imine (C=N–C) groups is 1. The Morgan fingerprint density at radius 1 is 1.27 bits per heavy atom. The topological polar surface area (TPSA) is 54.2 Å². The highest BCUT2D eigenvalue weighted by atomic mass is 15.3. The Hall–Kier alpha value is -2.30. The zero-order valence-corrected chi connectivity index (χ0v) is 16.4. The molecule has 0 amide bonds. The highest BCUT2D eigenvalue weighted by Crippen LogP contribution is 2.41. The molecule has 1 saturated carbocycles. The van der Waals surface area contributed by atoms with Crippen molar-refractivity contribution in [3.63, 3.8) is 0 Å². The van der Waals surface area contributed by atoms with Gasteiger partial charge in [-0.05, 0) is 57.7 Å². The van der Waals surface area contributed by atoms with E-state index in [0.29, 0.717) is 12.0 Å². The fourth-order valence-electron chi connectivity index (χ4n) is 3.51. The van der Waals surface area contributed by atoms with Gasteiger partial charge in [0.1, 0.15) is 0 Å². The van der Waals surface area contributed by atoms with Crippen LogP contribution in [0.5, 0.6) is 0 Å². The molecule has 1 heterocycles. The predicted molar refractivity (Wildman–Crippen MR) is 108 cm³/mol. The lowest BCUT2D eigenvalue weighted by atomic mass is 10.0. The van der Waals surface area contributed by atoms with Gasteiger partial charge in [-0.2, -0.15) is 5.10 Å². The highest BCUT2D eigenvalue weighted by Gasteiger charge is 2.39. The SMILES string of the molecule is CCNC(=NCCCn1nc(C)cc1C)NC1CC1c1ccccc1C. The maximum atomic E-state index is 4.75. The molecule has 1 fully saturated rings. The molecule has 0 spiro atoms. The normalized spacial score (nSPS) is 19.5. The molecule has 1 aromatic carbocycles. The lowest BCUT2D eigenvalue weighted by Gasteiger charge is -2.12. The number of hydrogen-bond acceptors (Lipinski definition) is 2. The number of hydrogen-bond donors (Lipinski definition) is 2. The van der Waals surface area contributed by atoms with E-state index in [9.17, 15) is 0 Å². The van der Waals surface area contributed by atoms with E-state index in [4.69, 9.17) is 4.99 Å². The Balaban J connectivity index is 1.50. The molecule has 0 bridgehead atoms. The van der Waals surface area contributed by atoms with Crippen molar-refractivity contribution < 1.29 is 0 Å². The first-order chi connectivity index (χ1) is 12.6. The maximum Gasteiger partial charge on any atom is 0.191 e. The largest absolute Gasteiger partial charge is 0.357 e. The Kier molecular flexibility index (Phi) is 5.96. The zero-order valence-electron chi connectivity index (χ0n) is 16.4. The third kappa shape index (κ3) is 4.65. The molecule has 140 valence electrons. The molecule has 26 heavy (non-hydrogen) atoms. The molecular formula is C21H31N5. The second kappa shape index (κ2) is 8.39. The Bertz CT molecular complexity index is 762. The van der Waals surface area contributed by atoms with E-state index in [0.717, 1.165) is 37.7 Å². The van der Waals surface area contributed by atoms with Crippen molar-refractivity contribution in [1.29, 1.82) is 0 Å². The van der Waals surface area contributed by atoms with Crippen molar-refractivity contribution in [1.82, 2.24) is 20.4 Å². The van der Waals surface area contributed by atoms with E-state index in [-0.39, 0.29) is 0 Å². The van der Waals surface area contributed by atoms with Crippen molar-refractivity contribution >= 4 is 5.96 Å². The summed E-state index contributed by atoms with van der Waals surface area (Å²) in [5, 5.41) is 11.5. The summed E-state index contributed by atoms with van der Waals surface area (Å²) in [5.41, 5.74) is 5.14. The molecule has 2 unspecified atom stereocenters. The summed E-state index contributed by atoms with van der Waals surface area (Å²) >= 11 is 0. The molecule has 0 aliphatic heterocycles. The number of nitrogens with one attached hydrogen (secondary N) is 2. The summed E-state index contributed by atoms with van der Waals surface area (Å²) in [5.74, 6) is 1.54. The number of aryl methyl sites for hydroxylation is 4. The summed E-state index contributed by atoms with van der Waals surface area (Å²) in [6.07, 6.45) is 2.17. The molecule has 2 atom stereocenters. The molecular weight excluding hydrogens is 322 g/mol. The summed E-state index contributed by atoms with van der Waals surface area (Å²) < 4.78 is 2.07. The fraction of sp³-hybridized carbons (Fsp3) is 0.524. The standard InChI is InChI=1S/C21H31N5/c1-5-22-21(23-11-8-12-26-17(4)13-16(3)25-26)24-20-14-19(20)18-10-7-6-9-15(18)2/h6-7,9-10,13,19-20H,5,8,11-12,14H2,1-4H3,(H2,22,23,24). The van der Waals surface area contributed by atoms with Crippen molar-refractivity contribution in [3.8, 4) is 0 Å². The molecule has 5 heteroatoms. The molecule has 0 radical (unpaired) electrons. The average Bonchev–Trinajstić information content (AvgIpc) is 3.28. The van der Waals surface area contributed by atoms with Gasteiger partial charge in [0.05, 0.1) is 5.69 Å². The Morgan fingerprint density at radius 2 is 2.08 bits per heavy atom. The first-order valence-corrected chi connectivity index (χ1v) is 9.70. The van der Waals surface area contributed by atoms with E-state index in [1.54, 1.807) is 0 Å². The van der Waals surface area contributed by atoms with Crippen LogP contribution in [0.15, 0.2) is 35.3 Å². The van der Waals surface area contributed by atoms with Crippen molar-refractivity contribution in [2.24, 2.45) is 4.99 Å². The van der Waals surface area contributed by atoms with E-state index >= 15 is 0 Å². The monoisotopic (exact) mass is 353 g/mol. The molecule has 1 aliphatic rings. The Labute approximate surface area is 156 Å². The van der Waals surface area contributed by atoms with E-state index in [1.165, 1.54) is 23.2 Å². The van der Waals surface area contributed by atoms with Gasteiger partial charge < -0.3 is 10.6 Å². The number of guanidine groups is 1. The summed E-state index contributed by atoms with van der Waals surface area (Å²) in [6, 6.07) is 11.3. The van der Waals surface area contributed by atoms with Crippen LogP contribution < -0.4 is 10.6 Å². The maximum absolute atomic E-state index is 4.75. The van der Waals surface area contributed by atoms with Gasteiger partial charge in [-0.1, -0.05) is 24.3 Å². The minimum absolute atomic E-state index is 0.491. The lowest BCUT2D eigenvalue weighted by Crippen LogP contribution is -2.39. The molecule has 2 aromatic rings. The van der Waals surface area contributed by atoms with Crippen molar-refractivity contribution in [2.45, 2.75) is 59.0 Å². The van der Waals surface area contributed by atoms with E-state index in [1.807, 2.05) is 6.92 Å². The van der Waals surface area contributed by atoms with Gasteiger partial charge in [-0.3, -0.25) is 9.67 Å². The van der Waals surface area contributed by atoms with Crippen LogP contribution in [-0.2, 0) is 6.54 Å². The number of benzene rings is 1. The predicted octanol–water partition coefficient (Wildman–Crippen LogP) is 3.31. The summed E-state index contributed by atoms with van der Waals surface area (Å²) in [7, 11) is 0. The zero-order chi connectivity index (χ0) is 18.5. The number of rotatable bonds is 7. The first-order valence-electron chi connectivity index (χ1n) is 9.70. The van der Waals surface area contributed by atoms with Gasteiger partial charge in [0.25, 0.3) is 0 Å². The minimum atomic E-state index is 0.491. The number of aromatic nitrogens is 2. The molecule has 5 nitrogen and oxygen atoms in total. The van der Waals surface area contributed by atoms with Gasteiger partial charge in [0.15, 0.2) is 5.96 Å². The van der Waals surface area contributed by atoms with Gasteiger partial charge in [0.2, 0.25) is 0 Å². The van der Waals surface area contributed by atoms with Gasteiger partial charge in [-0.15, -0.1) is 0 Å². The van der Waals surface area contributed by atoms with Crippen LogP contribution in [0.3, 0.4) is 0 Å². The molecule has 1 aliphatic carbocycles. The van der Waals surface area contributed by atoms with Crippen LogP contribution in [0.1, 0.15) is 48.2 Å². The smallest absolute Gasteiger partial charge is 0.191 e. The van der Waals surface area contributed by atoms with Crippen LogP contribution in [0.2, 0.25) is 0 Å². The van der Waals surface area contributed by atoms with Gasteiger partial charge in [0, 0.05) is 37.3 Å². The van der Waals surface area contributed by atoms with Crippen LogP contribution >= 0.6 is 0 Å². The van der Waals surface area contributed by atoms with Crippen LogP contribution in [-0.4, -0.2) is 34.9 Å². The second-order valence-corrected chi connectivity index (χ2v) is 7.21. The highest BCUT2D eigenvalue weighted by molar-refractivity contribution is 5.80. The quantitative estimate of drug-likeness (QED) is 0.456. The second-order valence-electron chi connectivity index (χ2n) is 7.21. The van der Waals surface area contributed by atoms with Crippen LogP contribution in [0, 0.1) is 20.8 Å². The van der Waals surface area contributed by atoms with Crippen molar-refractivity contribution in [3.05, 3.63) is 52.8 Å². The lowest BCUT2D eigenvalue weighted by molar-refractivity contribution is 0.567. The Morgan fingerprint density at radius 3 is 2.77 bits per heavy atom. The van der Waals surface area contributed by atoms with E-state index in [2.05, 4.69) is 71.5 Å². The van der Waals surface area contributed by atoms with Gasteiger partial charge in [-0.25, -0.2) is 0 Å².